The molecule has 1 aliphatic rings. The first kappa shape index (κ1) is 33.0. The van der Waals surface area contributed by atoms with Crippen LogP contribution in [0.25, 0.3) is 5.69 Å². The van der Waals surface area contributed by atoms with E-state index in [1.54, 1.807) is 0 Å². The maximum atomic E-state index is 10.3. The van der Waals surface area contributed by atoms with Gasteiger partial charge in [0.1, 0.15) is 0 Å². The number of aryl methyl sites for hydroxylation is 2. The number of rotatable bonds is 12. The molecule has 0 bridgehead atoms. The molecule has 2 heterocycles. The summed E-state index contributed by atoms with van der Waals surface area (Å²) in [7, 11) is 0. The Balaban J connectivity index is 0.000000331. The maximum Gasteiger partial charge on any atom is 0.336 e. The van der Waals surface area contributed by atoms with E-state index >= 15 is 0 Å². The molecule has 1 unspecified atom stereocenters. The summed E-state index contributed by atoms with van der Waals surface area (Å²) < 4.78 is 13.0. The molecule has 0 fully saturated rings. The zero-order valence-electron chi connectivity index (χ0n) is 24.5. The molecule has 2 aromatic carbocycles. The lowest BCUT2D eigenvalue weighted by atomic mass is 9.96. The number of aliphatic hydroxyl groups excluding tert-OH is 1. The summed E-state index contributed by atoms with van der Waals surface area (Å²) in [5.41, 5.74) is 4.01. The van der Waals surface area contributed by atoms with E-state index in [1.165, 1.54) is 11.1 Å². The number of ether oxygens (including phenoxy) is 2. The van der Waals surface area contributed by atoms with Gasteiger partial charge in [-0.1, -0.05) is 24.3 Å². The Morgan fingerprint density at radius 2 is 1.60 bits per heavy atom. The van der Waals surface area contributed by atoms with Crippen molar-refractivity contribution in [3.63, 3.8) is 0 Å². The zero-order valence-corrected chi connectivity index (χ0v) is 24.5. The van der Waals surface area contributed by atoms with Gasteiger partial charge in [0.25, 0.3) is 0 Å². The van der Waals surface area contributed by atoms with Gasteiger partial charge in [-0.05, 0) is 57.0 Å². The Hall–Kier alpha value is -4.46. The number of fused-ring (bicyclic) bond motifs is 1. The van der Waals surface area contributed by atoms with Crippen LogP contribution in [0.1, 0.15) is 47.8 Å². The molecular weight excluding hydrogens is 562 g/mol. The number of carboxylic acid groups (broad SMARTS) is 3. The van der Waals surface area contributed by atoms with Crippen LogP contribution in [0.4, 0.5) is 0 Å². The molecule has 1 atom stereocenters. The van der Waals surface area contributed by atoms with Crippen molar-refractivity contribution in [1.29, 1.82) is 0 Å². The van der Waals surface area contributed by atoms with E-state index in [9.17, 15) is 19.5 Å². The number of hydrogen-bond acceptors (Lipinski definition) is 9. The van der Waals surface area contributed by atoms with E-state index in [2.05, 4.69) is 43.9 Å². The lowest BCUT2D eigenvalue weighted by Crippen LogP contribution is -2.42. The van der Waals surface area contributed by atoms with Crippen molar-refractivity contribution >= 4 is 17.9 Å². The number of benzene rings is 2. The highest BCUT2D eigenvalue weighted by Crippen LogP contribution is 2.33. The molecule has 0 saturated carbocycles. The van der Waals surface area contributed by atoms with Crippen molar-refractivity contribution in [2.24, 2.45) is 0 Å². The zero-order chi connectivity index (χ0) is 31.9. The lowest BCUT2D eigenvalue weighted by Gasteiger charge is -2.24. The van der Waals surface area contributed by atoms with Crippen molar-refractivity contribution < 1.29 is 49.4 Å². The first-order valence-electron chi connectivity index (χ1n) is 13.5. The normalized spacial score (nSPS) is 12.9. The van der Waals surface area contributed by atoms with E-state index < -0.39 is 42.5 Å². The van der Waals surface area contributed by atoms with Crippen molar-refractivity contribution in [1.82, 2.24) is 14.7 Å². The Labute approximate surface area is 248 Å². The Bertz CT molecular complexity index is 1450. The van der Waals surface area contributed by atoms with E-state index in [0.29, 0.717) is 19.6 Å². The highest BCUT2D eigenvalue weighted by atomic mass is 16.7. The molecule has 5 N–H and O–H groups in total. The number of nitrogens with zero attached hydrogens (tertiary/aromatic N) is 3. The number of carboxylic acids is 3. The molecule has 3 aromatic rings. The maximum absolute atomic E-state index is 10.3. The summed E-state index contributed by atoms with van der Waals surface area (Å²) in [5.74, 6) is -3.45. The van der Waals surface area contributed by atoms with E-state index in [-0.39, 0.29) is 6.79 Å². The van der Waals surface area contributed by atoms with Crippen molar-refractivity contribution in [3.8, 4) is 17.2 Å². The average molecular weight is 600 g/mol. The van der Waals surface area contributed by atoms with Crippen LogP contribution in [0.3, 0.4) is 0 Å². The van der Waals surface area contributed by atoms with Gasteiger partial charge in [-0.15, -0.1) is 0 Å². The average Bonchev–Trinajstić information content (AvgIpc) is 3.47. The van der Waals surface area contributed by atoms with Gasteiger partial charge in [0, 0.05) is 30.9 Å². The second-order valence-electron chi connectivity index (χ2n) is 10.5. The minimum Gasteiger partial charge on any atom is -0.481 e. The first-order valence-corrected chi connectivity index (χ1v) is 13.5. The fourth-order valence-corrected chi connectivity index (χ4v) is 4.73. The summed E-state index contributed by atoms with van der Waals surface area (Å²) in [5, 5.41) is 48.7. The quantitative estimate of drug-likeness (QED) is 0.205. The predicted octanol–water partition coefficient (Wildman–Crippen LogP) is 2.66. The monoisotopic (exact) mass is 599 g/mol. The topological polar surface area (TPSA) is 192 Å². The number of aliphatic hydroxyl groups is 2. The fourth-order valence-electron chi connectivity index (χ4n) is 4.73. The summed E-state index contributed by atoms with van der Waals surface area (Å²) in [4.78, 5) is 32.7. The van der Waals surface area contributed by atoms with Crippen LogP contribution in [0, 0.1) is 20.8 Å². The third kappa shape index (κ3) is 8.77. The van der Waals surface area contributed by atoms with Gasteiger partial charge in [0.15, 0.2) is 17.1 Å². The number of aliphatic carboxylic acids is 3. The molecule has 4 rings (SSSR count). The standard InChI is InChI=1S/C24H29N3O3.C6H8O7/c1-16-7-5-6-8-22(16)27-19(4)21(18(3)25-27)14-26(12-17(2)28)13-20-9-10-23-24(11-20)30-15-29-23;7-3(8)1-6(13,5(11)12)2-4(9)10/h5-11,17,28H,12-15H2,1-4H3;13H,1-2H2,(H,7,8)(H,9,10)(H,11,12). The van der Waals surface area contributed by atoms with E-state index in [1.807, 2.05) is 35.9 Å². The predicted molar refractivity (Wildman–Crippen MR) is 153 cm³/mol. The molecule has 13 nitrogen and oxygen atoms in total. The minimum atomic E-state index is -2.74. The van der Waals surface area contributed by atoms with E-state index in [0.717, 1.165) is 34.1 Å². The van der Waals surface area contributed by atoms with Crippen molar-refractivity contribution in [2.75, 3.05) is 13.3 Å². The van der Waals surface area contributed by atoms with Crippen LogP contribution in [-0.4, -0.2) is 83.2 Å². The van der Waals surface area contributed by atoms with Gasteiger partial charge in [-0.3, -0.25) is 14.5 Å². The van der Waals surface area contributed by atoms with Crippen LogP contribution in [0.5, 0.6) is 11.5 Å². The van der Waals surface area contributed by atoms with Gasteiger partial charge >= 0.3 is 17.9 Å². The summed E-state index contributed by atoms with van der Waals surface area (Å²) in [6.07, 6.45) is -2.71. The molecule has 1 aromatic heterocycles. The van der Waals surface area contributed by atoms with Crippen LogP contribution in [0.2, 0.25) is 0 Å². The van der Waals surface area contributed by atoms with Crippen LogP contribution in [-0.2, 0) is 27.5 Å². The number of aromatic nitrogens is 2. The van der Waals surface area contributed by atoms with Crippen molar-refractivity contribution in [3.05, 3.63) is 70.5 Å². The van der Waals surface area contributed by atoms with E-state index in [4.69, 9.17) is 35.0 Å². The highest BCUT2D eigenvalue weighted by Gasteiger charge is 2.40. The molecule has 0 radical (unpaired) electrons. The third-order valence-electron chi connectivity index (χ3n) is 6.82. The number of carbonyl (C=O) groups is 3. The smallest absolute Gasteiger partial charge is 0.336 e. The Morgan fingerprint density at radius 1 is 0.977 bits per heavy atom. The van der Waals surface area contributed by atoms with Gasteiger partial charge in [-0.25, -0.2) is 9.48 Å². The van der Waals surface area contributed by atoms with Gasteiger partial charge in [0.05, 0.1) is 30.3 Å². The minimum absolute atomic E-state index is 0.270. The Morgan fingerprint density at radius 3 is 2.19 bits per heavy atom. The fraction of sp³-hybridized carbons (Fsp3) is 0.400. The van der Waals surface area contributed by atoms with Gasteiger partial charge < -0.3 is 35.0 Å². The second kappa shape index (κ2) is 14.1. The van der Waals surface area contributed by atoms with Crippen LogP contribution in [0.15, 0.2) is 42.5 Å². The lowest BCUT2D eigenvalue weighted by molar-refractivity contribution is -0.170. The number of hydrogen-bond donors (Lipinski definition) is 5. The van der Waals surface area contributed by atoms with Crippen molar-refractivity contribution in [2.45, 2.75) is 65.3 Å². The molecule has 1 aliphatic heterocycles. The molecule has 232 valence electrons. The molecular formula is C30H37N3O10. The molecule has 43 heavy (non-hydrogen) atoms. The third-order valence-corrected chi connectivity index (χ3v) is 6.82. The molecule has 0 aliphatic carbocycles. The molecule has 13 heteroatoms. The SMILES string of the molecule is Cc1ccccc1-n1nc(C)c(CN(Cc2ccc3c(c2)OCO3)CC(C)O)c1C.O=C(O)CC(O)(CC(=O)O)C(=O)O. The Kier molecular flexibility index (Phi) is 10.9. The van der Waals surface area contributed by atoms with Crippen LogP contribution < -0.4 is 9.47 Å². The molecule has 0 spiro atoms. The highest BCUT2D eigenvalue weighted by molar-refractivity contribution is 5.88. The van der Waals surface area contributed by atoms with Gasteiger partial charge in [0.2, 0.25) is 6.79 Å². The largest absolute Gasteiger partial charge is 0.481 e. The second-order valence-corrected chi connectivity index (χ2v) is 10.5. The number of para-hydroxylation sites is 1. The van der Waals surface area contributed by atoms with Gasteiger partial charge in [-0.2, -0.15) is 5.10 Å². The summed E-state index contributed by atoms with van der Waals surface area (Å²) >= 11 is 0. The molecule has 0 amide bonds. The molecule has 0 saturated heterocycles. The summed E-state index contributed by atoms with van der Waals surface area (Å²) in [6, 6.07) is 14.3. The first-order chi connectivity index (χ1) is 20.2. The summed E-state index contributed by atoms with van der Waals surface area (Å²) in [6.45, 7) is 10.4. The van der Waals surface area contributed by atoms with Crippen LogP contribution >= 0.6 is 0 Å².